The van der Waals surface area contributed by atoms with Crippen LogP contribution >= 0.6 is 0 Å². The maximum atomic E-state index is 6.18. The van der Waals surface area contributed by atoms with E-state index in [1.54, 1.807) is 0 Å². The van der Waals surface area contributed by atoms with Crippen LogP contribution in [0.3, 0.4) is 0 Å². The summed E-state index contributed by atoms with van der Waals surface area (Å²) in [5.41, 5.74) is 6.70. The monoisotopic (exact) mass is 346 g/mol. The first kappa shape index (κ1) is 15.8. The predicted molar refractivity (Wildman–Crippen MR) is 99.4 cm³/mol. The summed E-state index contributed by atoms with van der Waals surface area (Å²) < 4.78 is 10.6. The third-order valence-corrected chi connectivity index (χ3v) is 5.82. The quantitative estimate of drug-likeness (QED) is 0.681. The lowest BCUT2D eigenvalue weighted by Gasteiger charge is -2.23. The highest BCUT2D eigenvalue weighted by Crippen LogP contribution is 2.35. The molecule has 5 rings (SSSR count). The average molecular weight is 346 g/mol. The van der Waals surface area contributed by atoms with Gasteiger partial charge in [0.15, 0.2) is 0 Å². The molecule has 0 amide bonds. The number of aromatic nitrogens is 3. The van der Waals surface area contributed by atoms with Gasteiger partial charge in [0.25, 0.3) is 0 Å². The standard InChI is InChI=1S/C22H24N3O/c1-3-15-9-7-10-16(4-2)21(15)25-14-24-20(23-25)13-26-19-12-17-8-5-6-11-18(17)22(19)24/h5-11,14,19,22H,3-4,12-13H2,1-2H3/q+1/t19-,22?/m1/s1. The van der Waals surface area contributed by atoms with E-state index >= 15 is 0 Å². The van der Waals surface area contributed by atoms with E-state index in [1.165, 1.54) is 27.9 Å². The van der Waals surface area contributed by atoms with Crippen LogP contribution in [-0.2, 0) is 30.6 Å². The fraction of sp³-hybridized carbons (Fsp3) is 0.364. The summed E-state index contributed by atoms with van der Waals surface area (Å²) >= 11 is 0. The minimum atomic E-state index is 0.217. The third-order valence-electron chi connectivity index (χ3n) is 5.82. The van der Waals surface area contributed by atoms with E-state index < -0.39 is 0 Å². The molecule has 26 heavy (non-hydrogen) atoms. The second-order valence-corrected chi connectivity index (χ2v) is 7.21. The van der Waals surface area contributed by atoms with Gasteiger partial charge in [-0.3, -0.25) is 0 Å². The average Bonchev–Trinajstić information content (AvgIpc) is 3.27. The largest absolute Gasteiger partial charge is 0.363 e. The van der Waals surface area contributed by atoms with Crippen molar-refractivity contribution in [3.8, 4) is 5.69 Å². The number of rotatable bonds is 3. The van der Waals surface area contributed by atoms with Crippen molar-refractivity contribution in [3.05, 3.63) is 76.9 Å². The van der Waals surface area contributed by atoms with E-state index in [9.17, 15) is 0 Å². The molecule has 2 aromatic carbocycles. The highest BCUT2D eigenvalue weighted by atomic mass is 16.5. The molecule has 0 saturated heterocycles. The Morgan fingerprint density at radius 3 is 2.62 bits per heavy atom. The molecule has 1 aliphatic heterocycles. The van der Waals surface area contributed by atoms with Gasteiger partial charge >= 0.3 is 5.82 Å². The Morgan fingerprint density at radius 2 is 1.85 bits per heavy atom. The van der Waals surface area contributed by atoms with E-state index in [0.29, 0.717) is 6.61 Å². The van der Waals surface area contributed by atoms with Crippen LogP contribution in [0.15, 0.2) is 48.8 Å². The van der Waals surface area contributed by atoms with Crippen molar-refractivity contribution in [2.24, 2.45) is 0 Å². The zero-order valence-corrected chi connectivity index (χ0v) is 15.4. The van der Waals surface area contributed by atoms with Crippen molar-refractivity contribution < 1.29 is 9.30 Å². The fourth-order valence-electron chi connectivity index (χ4n) is 4.54. The van der Waals surface area contributed by atoms with Crippen LogP contribution in [-0.4, -0.2) is 15.9 Å². The highest BCUT2D eigenvalue weighted by Gasteiger charge is 2.43. The van der Waals surface area contributed by atoms with Crippen molar-refractivity contribution in [3.63, 3.8) is 0 Å². The normalized spacial score (nSPS) is 20.5. The van der Waals surface area contributed by atoms with Crippen molar-refractivity contribution in [1.29, 1.82) is 0 Å². The smallest absolute Gasteiger partial charge is 0.304 e. The summed E-state index contributed by atoms with van der Waals surface area (Å²) in [6.45, 7) is 5.00. The SMILES string of the molecule is CCc1cccc(CC)c1-n1c[n+]2c(n1)CO[C@@H]1Cc3ccccc3C12. The lowest BCUT2D eigenvalue weighted by Crippen LogP contribution is -2.51. The molecule has 0 N–H and O–H groups in total. The highest BCUT2D eigenvalue weighted by molar-refractivity contribution is 5.47. The number of hydrogen-bond acceptors (Lipinski definition) is 2. The third kappa shape index (κ3) is 2.25. The molecule has 2 heterocycles. The van der Waals surface area contributed by atoms with Crippen molar-refractivity contribution in [2.45, 2.75) is 51.9 Å². The molecule has 0 spiro atoms. The Morgan fingerprint density at radius 1 is 1.08 bits per heavy atom. The Balaban J connectivity index is 1.66. The summed E-state index contributed by atoms with van der Waals surface area (Å²) in [6.07, 6.45) is 5.40. The van der Waals surface area contributed by atoms with Gasteiger partial charge in [0, 0.05) is 11.5 Å². The molecule has 1 aliphatic carbocycles. The summed E-state index contributed by atoms with van der Waals surface area (Å²) in [4.78, 5) is 0. The molecule has 2 aliphatic rings. The number of aryl methyl sites for hydroxylation is 2. The van der Waals surface area contributed by atoms with Gasteiger partial charge in [-0.1, -0.05) is 61.0 Å². The number of para-hydroxylation sites is 1. The Kier molecular flexibility index (Phi) is 3.68. The molecule has 132 valence electrons. The second kappa shape index (κ2) is 6.06. The topological polar surface area (TPSA) is 30.9 Å². The van der Waals surface area contributed by atoms with Crippen LogP contribution in [0.5, 0.6) is 0 Å². The zero-order chi connectivity index (χ0) is 17.7. The minimum absolute atomic E-state index is 0.217. The van der Waals surface area contributed by atoms with Crippen LogP contribution in [0.2, 0.25) is 0 Å². The first-order chi connectivity index (χ1) is 12.8. The van der Waals surface area contributed by atoms with Crippen molar-refractivity contribution in [1.82, 2.24) is 9.78 Å². The number of fused-ring (bicyclic) bond motifs is 5. The van der Waals surface area contributed by atoms with Gasteiger partial charge in [-0.05, 0) is 35.1 Å². The summed E-state index contributed by atoms with van der Waals surface area (Å²) in [5, 5.41) is 4.93. The molecule has 0 radical (unpaired) electrons. The predicted octanol–water partition coefficient (Wildman–Crippen LogP) is 3.33. The molecule has 0 bridgehead atoms. The van der Waals surface area contributed by atoms with Gasteiger partial charge in [0.2, 0.25) is 6.33 Å². The van der Waals surface area contributed by atoms with E-state index in [0.717, 1.165) is 25.1 Å². The molecule has 4 nitrogen and oxygen atoms in total. The summed E-state index contributed by atoms with van der Waals surface area (Å²) in [5.74, 6) is 1.01. The minimum Gasteiger partial charge on any atom is -0.363 e. The number of benzene rings is 2. The molecule has 3 aromatic rings. The fourth-order valence-corrected chi connectivity index (χ4v) is 4.54. The van der Waals surface area contributed by atoms with Gasteiger partial charge in [-0.15, -0.1) is 0 Å². The van der Waals surface area contributed by atoms with E-state index in [-0.39, 0.29) is 12.1 Å². The summed E-state index contributed by atoms with van der Waals surface area (Å²) in [6, 6.07) is 15.5. The molecular weight excluding hydrogens is 322 g/mol. The van der Waals surface area contributed by atoms with Gasteiger partial charge in [0.05, 0.1) is 0 Å². The van der Waals surface area contributed by atoms with Crippen LogP contribution in [0.4, 0.5) is 0 Å². The molecule has 2 atom stereocenters. The van der Waals surface area contributed by atoms with Gasteiger partial charge in [0.1, 0.15) is 24.4 Å². The second-order valence-electron chi connectivity index (χ2n) is 7.21. The van der Waals surface area contributed by atoms with Crippen molar-refractivity contribution >= 4 is 0 Å². The number of nitrogens with zero attached hydrogens (tertiary/aromatic N) is 3. The van der Waals surface area contributed by atoms with E-state index in [4.69, 9.17) is 9.84 Å². The summed E-state index contributed by atoms with van der Waals surface area (Å²) in [7, 11) is 0. The van der Waals surface area contributed by atoms with Crippen LogP contribution < -0.4 is 4.57 Å². The molecule has 0 fully saturated rings. The first-order valence-corrected chi connectivity index (χ1v) is 9.60. The lowest BCUT2D eigenvalue weighted by atomic mass is 10.0. The molecule has 1 unspecified atom stereocenters. The number of hydrogen-bond donors (Lipinski definition) is 0. The molecule has 1 aromatic heterocycles. The Hall–Kier alpha value is -2.46. The lowest BCUT2D eigenvalue weighted by molar-refractivity contribution is -0.739. The Labute approximate surface area is 154 Å². The van der Waals surface area contributed by atoms with Crippen LogP contribution in [0.25, 0.3) is 5.69 Å². The molecule has 4 heteroatoms. The van der Waals surface area contributed by atoms with Gasteiger partial charge in [-0.25, -0.2) is 4.57 Å². The van der Waals surface area contributed by atoms with Crippen LogP contribution in [0, 0.1) is 0 Å². The molecule has 0 saturated carbocycles. The number of ether oxygens (including phenoxy) is 1. The van der Waals surface area contributed by atoms with Crippen LogP contribution in [0.1, 0.15) is 48.0 Å². The van der Waals surface area contributed by atoms with E-state index in [2.05, 4.69) is 71.9 Å². The Bertz CT molecular complexity index is 953. The van der Waals surface area contributed by atoms with Crippen molar-refractivity contribution in [2.75, 3.05) is 0 Å². The maximum absolute atomic E-state index is 6.18. The van der Waals surface area contributed by atoms with E-state index in [1.807, 2.05) is 0 Å². The first-order valence-electron chi connectivity index (χ1n) is 9.60. The van der Waals surface area contributed by atoms with Gasteiger partial charge in [-0.2, -0.15) is 0 Å². The molecular formula is C22H24N3O+. The van der Waals surface area contributed by atoms with Gasteiger partial charge < -0.3 is 4.74 Å². The zero-order valence-electron chi connectivity index (χ0n) is 15.4. The maximum Gasteiger partial charge on any atom is 0.304 e.